The Kier molecular flexibility index (Phi) is 3.00. The van der Waals surface area contributed by atoms with Crippen molar-refractivity contribution in [2.45, 2.75) is 0 Å². The fourth-order valence-electron chi connectivity index (χ4n) is 1.41. The molecule has 0 aliphatic rings. The Morgan fingerprint density at radius 1 is 1.00 bits per heavy atom. The van der Waals surface area contributed by atoms with Crippen molar-refractivity contribution in [2.75, 3.05) is 14.2 Å². The van der Waals surface area contributed by atoms with Crippen LogP contribution in [0.15, 0.2) is 36.5 Å². The molecule has 0 aliphatic heterocycles. The molecule has 2 aromatic heterocycles. The molecule has 0 saturated heterocycles. The Labute approximate surface area is 93.9 Å². The molecule has 4 nitrogen and oxygen atoms in total. The second-order valence-corrected chi connectivity index (χ2v) is 3.12. The third-order valence-electron chi connectivity index (χ3n) is 2.17. The Balaban J connectivity index is 2.49. The quantitative estimate of drug-likeness (QED) is 0.788. The lowest BCUT2D eigenvalue weighted by Gasteiger charge is -2.07. The van der Waals surface area contributed by atoms with E-state index in [1.807, 2.05) is 24.3 Å². The molecule has 0 spiro atoms. The normalized spacial score (nSPS) is 9.88. The number of hydrogen-bond acceptors (Lipinski definition) is 4. The fraction of sp³-hybridized carbons (Fsp3) is 0.167. The average molecular weight is 216 g/mol. The van der Waals surface area contributed by atoms with Crippen LogP contribution in [0.4, 0.5) is 0 Å². The van der Waals surface area contributed by atoms with Gasteiger partial charge in [0.2, 0.25) is 5.88 Å². The number of aromatic nitrogens is 2. The highest BCUT2D eigenvalue weighted by atomic mass is 16.5. The molecule has 16 heavy (non-hydrogen) atoms. The number of hydrogen-bond donors (Lipinski definition) is 0. The first-order chi connectivity index (χ1) is 7.85. The van der Waals surface area contributed by atoms with Crippen molar-refractivity contribution in [3.8, 4) is 23.0 Å². The van der Waals surface area contributed by atoms with E-state index in [0.29, 0.717) is 17.3 Å². The summed E-state index contributed by atoms with van der Waals surface area (Å²) in [4.78, 5) is 8.56. The van der Waals surface area contributed by atoms with Gasteiger partial charge in [0.15, 0.2) is 0 Å². The van der Waals surface area contributed by atoms with Gasteiger partial charge in [0, 0.05) is 12.3 Å². The van der Waals surface area contributed by atoms with E-state index in [1.165, 1.54) is 0 Å². The van der Waals surface area contributed by atoms with Gasteiger partial charge < -0.3 is 9.47 Å². The number of methoxy groups -OCH3 is 2. The first-order valence-electron chi connectivity index (χ1n) is 4.85. The zero-order chi connectivity index (χ0) is 11.4. The van der Waals surface area contributed by atoms with Crippen LogP contribution in [-0.2, 0) is 0 Å². The molecule has 0 radical (unpaired) electrons. The van der Waals surface area contributed by atoms with Crippen molar-refractivity contribution < 1.29 is 9.47 Å². The summed E-state index contributed by atoms with van der Waals surface area (Å²) in [6, 6.07) is 9.20. The maximum atomic E-state index is 5.23. The molecule has 2 rings (SSSR count). The van der Waals surface area contributed by atoms with Gasteiger partial charge in [-0.25, -0.2) is 4.98 Å². The molecule has 0 fully saturated rings. The maximum Gasteiger partial charge on any atom is 0.213 e. The molecule has 2 heterocycles. The van der Waals surface area contributed by atoms with E-state index in [4.69, 9.17) is 9.47 Å². The summed E-state index contributed by atoms with van der Waals surface area (Å²) < 4.78 is 10.3. The van der Waals surface area contributed by atoms with E-state index in [9.17, 15) is 0 Å². The lowest BCUT2D eigenvalue weighted by molar-refractivity contribution is 0.397. The molecule has 2 aromatic rings. The topological polar surface area (TPSA) is 44.2 Å². The van der Waals surface area contributed by atoms with Gasteiger partial charge in [-0.05, 0) is 18.2 Å². The fourth-order valence-corrected chi connectivity index (χ4v) is 1.41. The van der Waals surface area contributed by atoms with Crippen molar-refractivity contribution in [3.05, 3.63) is 36.5 Å². The van der Waals surface area contributed by atoms with Crippen LogP contribution in [0.25, 0.3) is 11.4 Å². The highest BCUT2D eigenvalue weighted by Crippen LogP contribution is 2.26. The molecule has 0 aromatic carbocycles. The van der Waals surface area contributed by atoms with Crippen LogP contribution in [0.1, 0.15) is 0 Å². The largest absolute Gasteiger partial charge is 0.494 e. The Bertz CT molecular complexity index is 486. The van der Waals surface area contributed by atoms with Crippen LogP contribution in [0, 0.1) is 0 Å². The highest BCUT2D eigenvalue weighted by Gasteiger charge is 2.08. The lowest BCUT2D eigenvalue weighted by atomic mass is 10.2. The van der Waals surface area contributed by atoms with Crippen LogP contribution < -0.4 is 9.47 Å². The minimum Gasteiger partial charge on any atom is -0.494 e. The van der Waals surface area contributed by atoms with Crippen molar-refractivity contribution in [3.63, 3.8) is 0 Å². The van der Waals surface area contributed by atoms with Gasteiger partial charge >= 0.3 is 0 Å². The molecule has 0 aliphatic carbocycles. The Hall–Kier alpha value is -2.10. The van der Waals surface area contributed by atoms with Crippen LogP contribution >= 0.6 is 0 Å². The smallest absolute Gasteiger partial charge is 0.213 e. The van der Waals surface area contributed by atoms with Crippen molar-refractivity contribution in [1.29, 1.82) is 0 Å². The second-order valence-electron chi connectivity index (χ2n) is 3.12. The molecular weight excluding hydrogens is 204 g/mol. The van der Waals surface area contributed by atoms with Crippen LogP contribution in [-0.4, -0.2) is 24.2 Å². The van der Waals surface area contributed by atoms with Crippen molar-refractivity contribution >= 4 is 0 Å². The average Bonchev–Trinajstić information content (AvgIpc) is 2.38. The van der Waals surface area contributed by atoms with Gasteiger partial charge in [0.1, 0.15) is 11.4 Å². The standard InChI is InChI=1S/C12H12N2O2/c1-15-10-6-4-8-13-12(10)9-5-3-7-11(14-9)16-2/h3-8H,1-2H3. The Morgan fingerprint density at radius 2 is 1.88 bits per heavy atom. The molecule has 0 unspecified atom stereocenters. The lowest BCUT2D eigenvalue weighted by Crippen LogP contribution is -1.94. The van der Waals surface area contributed by atoms with E-state index >= 15 is 0 Å². The highest BCUT2D eigenvalue weighted by molar-refractivity contribution is 5.62. The van der Waals surface area contributed by atoms with Crippen LogP contribution in [0.5, 0.6) is 11.6 Å². The minimum atomic E-state index is 0.560. The number of pyridine rings is 2. The number of ether oxygens (including phenoxy) is 2. The van der Waals surface area contributed by atoms with E-state index < -0.39 is 0 Å². The molecule has 4 heteroatoms. The predicted octanol–water partition coefficient (Wildman–Crippen LogP) is 2.16. The third kappa shape index (κ3) is 1.95. The zero-order valence-electron chi connectivity index (χ0n) is 9.18. The molecule has 0 saturated carbocycles. The summed E-state index contributed by atoms with van der Waals surface area (Å²) in [5, 5.41) is 0. The van der Waals surface area contributed by atoms with Gasteiger partial charge in [0.05, 0.1) is 19.9 Å². The van der Waals surface area contributed by atoms with Gasteiger partial charge in [0.25, 0.3) is 0 Å². The summed E-state index contributed by atoms with van der Waals surface area (Å²) in [6.45, 7) is 0. The SMILES string of the molecule is COc1cccc(-c2ncccc2OC)n1. The first kappa shape index (κ1) is 10.4. The first-order valence-corrected chi connectivity index (χ1v) is 4.85. The predicted molar refractivity (Wildman–Crippen MR) is 60.6 cm³/mol. The molecule has 0 N–H and O–H groups in total. The van der Waals surface area contributed by atoms with Crippen molar-refractivity contribution in [1.82, 2.24) is 9.97 Å². The van der Waals surface area contributed by atoms with E-state index in [0.717, 1.165) is 5.69 Å². The maximum absolute atomic E-state index is 5.23. The zero-order valence-corrected chi connectivity index (χ0v) is 9.18. The minimum absolute atomic E-state index is 0.560. The van der Waals surface area contributed by atoms with E-state index in [2.05, 4.69) is 9.97 Å². The van der Waals surface area contributed by atoms with Gasteiger partial charge in [-0.15, -0.1) is 0 Å². The summed E-state index contributed by atoms with van der Waals surface area (Å²) in [5.41, 5.74) is 1.45. The van der Waals surface area contributed by atoms with Crippen LogP contribution in [0.3, 0.4) is 0 Å². The van der Waals surface area contributed by atoms with E-state index in [-0.39, 0.29) is 0 Å². The van der Waals surface area contributed by atoms with Gasteiger partial charge in [-0.2, -0.15) is 0 Å². The summed E-state index contributed by atoms with van der Waals surface area (Å²) in [5.74, 6) is 1.26. The Morgan fingerprint density at radius 3 is 2.62 bits per heavy atom. The molecule has 82 valence electrons. The molecular formula is C12H12N2O2. The van der Waals surface area contributed by atoms with Gasteiger partial charge in [-0.1, -0.05) is 6.07 Å². The molecule has 0 bridgehead atoms. The summed E-state index contributed by atoms with van der Waals surface area (Å²) >= 11 is 0. The van der Waals surface area contributed by atoms with Gasteiger partial charge in [-0.3, -0.25) is 4.98 Å². The third-order valence-corrected chi connectivity index (χ3v) is 2.17. The molecule has 0 amide bonds. The number of nitrogens with zero attached hydrogens (tertiary/aromatic N) is 2. The second kappa shape index (κ2) is 4.61. The summed E-state index contributed by atoms with van der Waals surface area (Å²) in [7, 11) is 3.20. The summed E-state index contributed by atoms with van der Waals surface area (Å²) in [6.07, 6.45) is 1.71. The molecule has 0 atom stereocenters. The van der Waals surface area contributed by atoms with Crippen molar-refractivity contribution in [2.24, 2.45) is 0 Å². The number of rotatable bonds is 3. The van der Waals surface area contributed by atoms with E-state index in [1.54, 1.807) is 26.5 Å². The monoisotopic (exact) mass is 216 g/mol. The van der Waals surface area contributed by atoms with Crippen LogP contribution in [0.2, 0.25) is 0 Å².